The minimum absolute atomic E-state index is 0.141. The van der Waals surface area contributed by atoms with Crippen LogP contribution in [0.1, 0.15) is 27.2 Å². The molecule has 0 saturated heterocycles. The Balaban J connectivity index is 2.09. The molecule has 1 aromatic carbocycles. The Kier molecular flexibility index (Phi) is 4.83. The minimum Gasteiger partial charge on any atom is -0.406 e. The van der Waals surface area contributed by atoms with Crippen molar-refractivity contribution in [3.05, 3.63) is 24.3 Å². The van der Waals surface area contributed by atoms with Crippen LogP contribution in [-0.4, -0.2) is 30.5 Å². The number of hydrogen-bond acceptors (Lipinski definition) is 4. The minimum atomic E-state index is -4.79. The molecule has 1 saturated carbocycles. The van der Waals surface area contributed by atoms with E-state index >= 15 is 0 Å². The standard InChI is InChI=1S/C16H21F3N2O3/c1-4-23-12-9-15(20,14(12,2)3)13(22)21-10-6-5-7-11(8-10)24-16(17,18)19/h5-8,12H,4,9,20H2,1-3H3,(H,21,22). The maximum atomic E-state index is 12.5. The average Bonchev–Trinajstić information content (AvgIpc) is 2.45. The van der Waals surface area contributed by atoms with E-state index in [1.165, 1.54) is 12.1 Å². The highest BCUT2D eigenvalue weighted by molar-refractivity contribution is 5.99. The Labute approximate surface area is 138 Å². The van der Waals surface area contributed by atoms with Gasteiger partial charge in [0.15, 0.2) is 0 Å². The number of rotatable bonds is 5. The predicted octanol–water partition coefficient (Wildman–Crippen LogP) is 3.06. The third kappa shape index (κ3) is 3.49. The van der Waals surface area contributed by atoms with Crippen molar-refractivity contribution >= 4 is 11.6 Å². The number of carbonyl (C=O) groups excluding carboxylic acids is 1. The number of hydrogen-bond donors (Lipinski definition) is 2. The Hall–Kier alpha value is -1.80. The first-order chi connectivity index (χ1) is 11.0. The summed E-state index contributed by atoms with van der Waals surface area (Å²) in [7, 11) is 0. The third-order valence-electron chi connectivity index (χ3n) is 4.56. The fraction of sp³-hybridized carbons (Fsp3) is 0.562. The van der Waals surface area contributed by atoms with Crippen LogP contribution in [-0.2, 0) is 9.53 Å². The van der Waals surface area contributed by atoms with Crippen LogP contribution in [0.3, 0.4) is 0 Å². The third-order valence-corrected chi connectivity index (χ3v) is 4.56. The first kappa shape index (κ1) is 18.5. The molecule has 0 bridgehead atoms. The van der Waals surface area contributed by atoms with Crippen molar-refractivity contribution < 1.29 is 27.4 Å². The van der Waals surface area contributed by atoms with Gasteiger partial charge in [-0.2, -0.15) is 0 Å². The van der Waals surface area contributed by atoms with E-state index in [1.54, 1.807) is 0 Å². The summed E-state index contributed by atoms with van der Waals surface area (Å²) in [5.74, 6) is -0.876. The lowest BCUT2D eigenvalue weighted by Crippen LogP contribution is -2.74. The van der Waals surface area contributed by atoms with E-state index in [2.05, 4.69) is 10.1 Å². The number of nitrogens with one attached hydrogen (secondary N) is 1. The maximum Gasteiger partial charge on any atom is 0.573 e. The second kappa shape index (κ2) is 6.25. The molecule has 0 aromatic heterocycles. The lowest BCUT2D eigenvalue weighted by atomic mass is 9.54. The number of nitrogens with two attached hydrogens (primary N) is 1. The summed E-state index contributed by atoms with van der Waals surface area (Å²) in [6.45, 7) is 6.04. The number of anilines is 1. The lowest BCUT2D eigenvalue weighted by molar-refractivity contribution is -0.274. The first-order valence-corrected chi connectivity index (χ1v) is 7.57. The van der Waals surface area contributed by atoms with E-state index in [0.717, 1.165) is 12.1 Å². The topological polar surface area (TPSA) is 73.6 Å². The Bertz CT molecular complexity index is 619. The van der Waals surface area contributed by atoms with Gasteiger partial charge in [0.25, 0.3) is 0 Å². The van der Waals surface area contributed by atoms with Gasteiger partial charge in [0.2, 0.25) is 5.91 Å². The molecule has 0 spiro atoms. The summed E-state index contributed by atoms with van der Waals surface area (Å²) in [4.78, 5) is 12.5. The number of benzene rings is 1. The molecule has 1 aliphatic carbocycles. The van der Waals surface area contributed by atoms with Gasteiger partial charge in [0.1, 0.15) is 11.3 Å². The number of alkyl halides is 3. The summed E-state index contributed by atoms with van der Waals surface area (Å²) in [6, 6.07) is 5.07. The maximum absolute atomic E-state index is 12.5. The van der Waals surface area contributed by atoms with Gasteiger partial charge >= 0.3 is 6.36 Å². The zero-order chi connectivity index (χ0) is 18.2. The summed E-state index contributed by atoms with van der Waals surface area (Å²) < 4.78 is 46.2. The molecule has 24 heavy (non-hydrogen) atoms. The van der Waals surface area contributed by atoms with Crippen molar-refractivity contribution in [3.8, 4) is 5.75 Å². The molecule has 1 aromatic rings. The SMILES string of the molecule is CCOC1CC(N)(C(=O)Nc2cccc(OC(F)(F)F)c2)C1(C)C. The second-order valence-corrected chi connectivity index (χ2v) is 6.37. The van der Waals surface area contributed by atoms with Crippen molar-refractivity contribution in [3.63, 3.8) is 0 Å². The smallest absolute Gasteiger partial charge is 0.406 e. The van der Waals surface area contributed by atoms with E-state index in [0.29, 0.717) is 13.0 Å². The van der Waals surface area contributed by atoms with E-state index in [9.17, 15) is 18.0 Å². The molecule has 1 fully saturated rings. The van der Waals surface area contributed by atoms with Crippen molar-refractivity contribution in [1.29, 1.82) is 0 Å². The van der Waals surface area contributed by atoms with Gasteiger partial charge in [-0.1, -0.05) is 19.9 Å². The molecule has 0 aliphatic heterocycles. The van der Waals surface area contributed by atoms with Gasteiger partial charge in [-0.25, -0.2) is 0 Å². The molecule has 8 heteroatoms. The zero-order valence-electron chi connectivity index (χ0n) is 13.7. The molecule has 1 aliphatic rings. The van der Waals surface area contributed by atoms with E-state index in [1.807, 2.05) is 20.8 Å². The Morgan fingerprint density at radius 3 is 2.62 bits per heavy atom. The zero-order valence-corrected chi connectivity index (χ0v) is 13.7. The lowest BCUT2D eigenvalue weighted by Gasteiger charge is -2.57. The van der Waals surface area contributed by atoms with Gasteiger partial charge in [-0.3, -0.25) is 4.79 Å². The van der Waals surface area contributed by atoms with Crippen LogP contribution in [0.4, 0.5) is 18.9 Å². The number of carbonyl (C=O) groups is 1. The van der Waals surface area contributed by atoms with Gasteiger partial charge in [-0.05, 0) is 19.1 Å². The van der Waals surface area contributed by atoms with Crippen molar-refractivity contribution in [2.75, 3.05) is 11.9 Å². The molecular formula is C16H21F3N2O3. The summed E-state index contributed by atoms with van der Waals surface area (Å²) in [5, 5.41) is 2.56. The monoisotopic (exact) mass is 346 g/mol. The summed E-state index contributed by atoms with van der Waals surface area (Å²) >= 11 is 0. The van der Waals surface area contributed by atoms with Crippen molar-refractivity contribution in [2.45, 2.75) is 45.2 Å². The molecule has 3 N–H and O–H groups in total. The molecule has 0 heterocycles. The van der Waals surface area contributed by atoms with Crippen LogP contribution >= 0.6 is 0 Å². The largest absolute Gasteiger partial charge is 0.573 e. The molecule has 134 valence electrons. The molecule has 2 rings (SSSR count). The molecule has 2 unspecified atom stereocenters. The van der Waals surface area contributed by atoms with E-state index in [-0.39, 0.29) is 11.8 Å². The van der Waals surface area contributed by atoms with E-state index < -0.39 is 29.0 Å². The van der Waals surface area contributed by atoms with Crippen LogP contribution in [0.5, 0.6) is 5.75 Å². The van der Waals surface area contributed by atoms with E-state index in [4.69, 9.17) is 10.5 Å². The normalized spacial score (nSPS) is 25.7. The van der Waals surface area contributed by atoms with Gasteiger partial charge in [0.05, 0.1) is 6.10 Å². The van der Waals surface area contributed by atoms with Crippen molar-refractivity contribution in [1.82, 2.24) is 0 Å². The summed E-state index contributed by atoms with van der Waals surface area (Å²) in [5.41, 5.74) is 4.66. The van der Waals surface area contributed by atoms with Crippen LogP contribution in [0.2, 0.25) is 0 Å². The van der Waals surface area contributed by atoms with Crippen LogP contribution in [0.25, 0.3) is 0 Å². The molecule has 5 nitrogen and oxygen atoms in total. The predicted molar refractivity (Wildman–Crippen MR) is 82.5 cm³/mol. The molecular weight excluding hydrogens is 325 g/mol. The molecule has 1 amide bonds. The van der Waals surface area contributed by atoms with Gasteiger partial charge in [-0.15, -0.1) is 13.2 Å². The van der Waals surface area contributed by atoms with Crippen molar-refractivity contribution in [2.24, 2.45) is 11.1 Å². The quantitative estimate of drug-likeness (QED) is 0.859. The highest BCUT2D eigenvalue weighted by Gasteiger charge is 2.62. The number of ether oxygens (including phenoxy) is 2. The second-order valence-electron chi connectivity index (χ2n) is 6.37. The van der Waals surface area contributed by atoms with Gasteiger partial charge < -0.3 is 20.5 Å². The van der Waals surface area contributed by atoms with Gasteiger partial charge in [0, 0.05) is 30.2 Å². The van der Waals surface area contributed by atoms with Crippen LogP contribution < -0.4 is 15.8 Å². The average molecular weight is 346 g/mol. The van der Waals surface area contributed by atoms with Crippen LogP contribution in [0.15, 0.2) is 24.3 Å². The highest BCUT2D eigenvalue weighted by Crippen LogP contribution is 2.50. The highest BCUT2D eigenvalue weighted by atomic mass is 19.4. The number of amides is 1. The Morgan fingerprint density at radius 2 is 2.08 bits per heavy atom. The molecule has 2 atom stereocenters. The number of halogens is 3. The fourth-order valence-corrected chi connectivity index (χ4v) is 2.83. The Morgan fingerprint density at radius 1 is 1.42 bits per heavy atom. The van der Waals surface area contributed by atoms with Crippen LogP contribution in [0, 0.1) is 5.41 Å². The summed E-state index contributed by atoms with van der Waals surface area (Å²) in [6.07, 6.45) is -4.59. The fourth-order valence-electron chi connectivity index (χ4n) is 2.83. The first-order valence-electron chi connectivity index (χ1n) is 7.57. The molecule has 0 radical (unpaired) electrons.